The summed E-state index contributed by atoms with van der Waals surface area (Å²) in [7, 11) is 0. The van der Waals surface area contributed by atoms with Crippen molar-refractivity contribution >= 4 is 11.7 Å². The van der Waals surface area contributed by atoms with Crippen LogP contribution in [0, 0.1) is 6.92 Å². The van der Waals surface area contributed by atoms with Gasteiger partial charge in [0.2, 0.25) is 0 Å². The van der Waals surface area contributed by atoms with Crippen LogP contribution in [0.2, 0.25) is 0 Å². The number of aliphatic hydroxyl groups is 1. The summed E-state index contributed by atoms with van der Waals surface area (Å²) < 4.78 is 5.80. The molecule has 2 aromatic rings. The van der Waals surface area contributed by atoms with Gasteiger partial charge in [-0.25, -0.2) is 4.79 Å². The number of urea groups is 1. The lowest BCUT2D eigenvalue weighted by Crippen LogP contribution is -2.36. The zero-order chi connectivity index (χ0) is 17.4. The van der Waals surface area contributed by atoms with Gasteiger partial charge in [0.05, 0.1) is 6.61 Å². The molecule has 0 atom stereocenters. The molecule has 0 aliphatic carbocycles. The molecule has 0 heterocycles. The smallest absolute Gasteiger partial charge is 0.321 e. The molecule has 0 unspecified atom stereocenters. The molecule has 2 amide bonds. The Kier molecular flexibility index (Phi) is 6.63. The first kappa shape index (κ1) is 17.8. The molecule has 0 aliphatic rings. The number of nitrogens with zero attached hydrogens (tertiary/aromatic N) is 1. The van der Waals surface area contributed by atoms with Crippen LogP contribution >= 0.6 is 0 Å². The van der Waals surface area contributed by atoms with Crippen molar-refractivity contribution < 1.29 is 14.6 Å². The van der Waals surface area contributed by atoms with Crippen LogP contribution in [0.5, 0.6) is 5.75 Å². The van der Waals surface area contributed by atoms with Gasteiger partial charge in [-0.2, -0.15) is 0 Å². The monoisotopic (exact) mass is 328 g/mol. The van der Waals surface area contributed by atoms with Crippen molar-refractivity contribution in [2.75, 3.05) is 25.0 Å². The van der Waals surface area contributed by atoms with E-state index in [0.717, 1.165) is 5.56 Å². The zero-order valence-corrected chi connectivity index (χ0v) is 14.2. The molecule has 5 nitrogen and oxygen atoms in total. The second kappa shape index (κ2) is 8.93. The zero-order valence-electron chi connectivity index (χ0n) is 14.2. The minimum absolute atomic E-state index is 0.0547. The van der Waals surface area contributed by atoms with E-state index < -0.39 is 0 Å². The highest BCUT2D eigenvalue weighted by atomic mass is 16.5. The largest absolute Gasteiger partial charge is 0.489 e. The van der Waals surface area contributed by atoms with Crippen LogP contribution in [0.15, 0.2) is 48.5 Å². The molecule has 24 heavy (non-hydrogen) atoms. The average molecular weight is 328 g/mol. The molecule has 2 rings (SSSR count). The van der Waals surface area contributed by atoms with Gasteiger partial charge in [0.1, 0.15) is 12.4 Å². The van der Waals surface area contributed by atoms with Crippen LogP contribution in [0.1, 0.15) is 18.1 Å². The summed E-state index contributed by atoms with van der Waals surface area (Å²) in [5.74, 6) is 0.694. The Labute approximate surface area is 142 Å². The van der Waals surface area contributed by atoms with Crippen LogP contribution in [0.3, 0.4) is 0 Å². The SMILES string of the molecule is CCN(CCO)C(=O)Nc1cccc(OCc2cccc(C)c2)c1. The first-order valence-corrected chi connectivity index (χ1v) is 8.07. The van der Waals surface area contributed by atoms with Crippen LogP contribution in [-0.2, 0) is 6.61 Å². The summed E-state index contributed by atoms with van der Waals surface area (Å²) in [4.78, 5) is 13.7. The van der Waals surface area contributed by atoms with Crippen molar-refractivity contribution in [3.63, 3.8) is 0 Å². The number of anilines is 1. The Morgan fingerprint density at radius 2 is 2.00 bits per heavy atom. The lowest BCUT2D eigenvalue weighted by molar-refractivity contribution is 0.192. The first-order valence-electron chi connectivity index (χ1n) is 8.07. The van der Waals surface area contributed by atoms with Crippen molar-refractivity contribution in [2.45, 2.75) is 20.5 Å². The number of carbonyl (C=O) groups is 1. The molecule has 5 heteroatoms. The van der Waals surface area contributed by atoms with Crippen LogP contribution in [0.4, 0.5) is 10.5 Å². The number of nitrogens with one attached hydrogen (secondary N) is 1. The highest BCUT2D eigenvalue weighted by molar-refractivity contribution is 5.89. The predicted octanol–water partition coefficient (Wildman–Crippen LogP) is 3.42. The fourth-order valence-electron chi connectivity index (χ4n) is 2.36. The number of amides is 2. The van der Waals surface area contributed by atoms with E-state index in [1.165, 1.54) is 5.56 Å². The third kappa shape index (κ3) is 5.28. The summed E-state index contributed by atoms with van der Waals surface area (Å²) in [6, 6.07) is 15.2. The summed E-state index contributed by atoms with van der Waals surface area (Å²) in [5, 5.41) is 11.8. The van der Waals surface area contributed by atoms with Gasteiger partial charge >= 0.3 is 6.03 Å². The van der Waals surface area contributed by atoms with Gasteiger partial charge < -0.3 is 20.1 Å². The van der Waals surface area contributed by atoms with E-state index in [0.29, 0.717) is 31.1 Å². The molecule has 2 aromatic carbocycles. The Balaban J connectivity index is 1.97. The summed E-state index contributed by atoms with van der Waals surface area (Å²) in [6.07, 6.45) is 0. The molecule has 2 N–H and O–H groups in total. The van der Waals surface area contributed by atoms with Crippen molar-refractivity contribution in [1.29, 1.82) is 0 Å². The lowest BCUT2D eigenvalue weighted by Gasteiger charge is -2.20. The quantitative estimate of drug-likeness (QED) is 0.818. The molecule has 0 aromatic heterocycles. The van der Waals surface area contributed by atoms with Crippen molar-refractivity contribution in [3.05, 3.63) is 59.7 Å². The Morgan fingerprint density at radius 1 is 1.21 bits per heavy atom. The maximum Gasteiger partial charge on any atom is 0.321 e. The molecular weight excluding hydrogens is 304 g/mol. The second-order valence-corrected chi connectivity index (χ2v) is 5.54. The second-order valence-electron chi connectivity index (χ2n) is 5.54. The van der Waals surface area contributed by atoms with Gasteiger partial charge in [0.15, 0.2) is 0 Å². The normalized spacial score (nSPS) is 10.3. The predicted molar refractivity (Wildman–Crippen MR) is 95.3 cm³/mol. The van der Waals surface area contributed by atoms with Gasteiger partial charge in [-0.05, 0) is 31.5 Å². The molecule has 0 bridgehead atoms. The number of benzene rings is 2. The highest BCUT2D eigenvalue weighted by Gasteiger charge is 2.11. The van der Waals surface area contributed by atoms with Gasteiger partial charge in [-0.3, -0.25) is 0 Å². The number of likely N-dealkylation sites (N-methyl/N-ethyl adjacent to an activating group) is 1. The van der Waals surface area contributed by atoms with Crippen molar-refractivity contribution in [3.8, 4) is 5.75 Å². The van der Waals surface area contributed by atoms with Crippen LogP contribution in [0.25, 0.3) is 0 Å². The fraction of sp³-hybridized carbons (Fsp3) is 0.316. The molecule has 0 spiro atoms. The van der Waals surface area contributed by atoms with Gasteiger partial charge in [0.25, 0.3) is 0 Å². The number of ether oxygens (including phenoxy) is 1. The number of hydrogen-bond acceptors (Lipinski definition) is 3. The number of hydrogen-bond donors (Lipinski definition) is 2. The third-order valence-corrected chi connectivity index (χ3v) is 3.61. The topological polar surface area (TPSA) is 61.8 Å². The summed E-state index contributed by atoms with van der Waals surface area (Å²) in [6.45, 7) is 5.19. The van der Waals surface area contributed by atoms with Crippen LogP contribution < -0.4 is 10.1 Å². The van der Waals surface area contributed by atoms with Gasteiger partial charge in [-0.1, -0.05) is 35.9 Å². The summed E-state index contributed by atoms with van der Waals surface area (Å²) in [5.41, 5.74) is 2.96. The molecule has 0 fully saturated rings. The lowest BCUT2D eigenvalue weighted by atomic mass is 10.1. The highest BCUT2D eigenvalue weighted by Crippen LogP contribution is 2.19. The van der Waals surface area contributed by atoms with Crippen molar-refractivity contribution in [1.82, 2.24) is 4.90 Å². The standard InChI is InChI=1S/C19H24N2O3/c1-3-21(10-11-22)19(23)20-17-8-5-9-18(13-17)24-14-16-7-4-6-15(2)12-16/h4-9,12-13,22H,3,10-11,14H2,1-2H3,(H,20,23). The molecule has 0 saturated carbocycles. The minimum atomic E-state index is -0.234. The van der Waals surface area contributed by atoms with E-state index in [9.17, 15) is 4.79 Å². The molecule has 128 valence electrons. The molecular formula is C19H24N2O3. The molecule has 0 aliphatic heterocycles. The Hall–Kier alpha value is -2.53. The minimum Gasteiger partial charge on any atom is -0.489 e. The maximum absolute atomic E-state index is 12.1. The van der Waals surface area contributed by atoms with Gasteiger partial charge in [-0.15, -0.1) is 0 Å². The van der Waals surface area contributed by atoms with E-state index in [4.69, 9.17) is 9.84 Å². The van der Waals surface area contributed by atoms with Crippen LogP contribution in [-0.4, -0.2) is 35.7 Å². The van der Waals surface area contributed by atoms with E-state index in [-0.39, 0.29) is 12.6 Å². The Bertz CT molecular complexity index is 673. The number of carbonyl (C=O) groups excluding carboxylic acids is 1. The third-order valence-electron chi connectivity index (χ3n) is 3.61. The number of aliphatic hydroxyl groups excluding tert-OH is 1. The van der Waals surface area contributed by atoms with Gasteiger partial charge in [0, 0.05) is 24.8 Å². The summed E-state index contributed by atoms with van der Waals surface area (Å²) >= 11 is 0. The Morgan fingerprint density at radius 3 is 2.71 bits per heavy atom. The average Bonchev–Trinajstić information content (AvgIpc) is 2.58. The maximum atomic E-state index is 12.1. The first-order chi connectivity index (χ1) is 11.6. The number of aryl methyl sites for hydroxylation is 1. The molecule has 0 radical (unpaired) electrons. The number of rotatable bonds is 7. The van der Waals surface area contributed by atoms with E-state index in [2.05, 4.69) is 11.4 Å². The van der Waals surface area contributed by atoms with E-state index in [1.807, 2.05) is 50.2 Å². The molecule has 0 saturated heterocycles. The van der Waals surface area contributed by atoms with E-state index in [1.54, 1.807) is 11.0 Å². The van der Waals surface area contributed by atoms with E-state index >= 15 is 0 Å². The fourth-order valence-corrected chi connectivity index (χ4v) is 2.36. The van der Waals surface area contributed by atoms with Crippen molar-refractivity contribution in [2.24, 2.45) is 0 Å².